The third-order valence-corrected chi connectivity index (χ3v) is 5.73. The van der Waals surface area contributed by atoms with Crippen LogP contribution in [0, 0.1) is 0 Å². The Morgan fingerprint density at radius 1 is 0.969 bits per heavy atom. The van der Waals surface area contributed by atoms with Crippen LogP contribution in [0.5, 0.6) is 0 Å². The molecule has 0 N–H and O–H groups in total. The molecule has 2 aromatic carbocycles. The molecule has 0 atom stereocenters. The summed E-state index contributed by atoms with van der Waals surface area (Å²) in [6.07, 6.45) is 6.79. The zero-order chi connectivity index (χ0) is 22.3. The molecular formula is C26H27N3O3. The predicted molar refractivity (Wildman–Crippen MR) is 124 cm³/mol. The van der Waals surface area contributed by atoms with Crippen LogP contribution in [0.1, 0.15) is 35.2 Å². The maximum atomic E-state index is 13.5. The van der Waals surface area contributed by atoms with Crippen LogP contribution in [-0.2, 0) is 11.3 Å². The number of esters is 1. The van der Waals surface area contributed by atoms with Gasteiger partial charge in [-0.2, -0.15) is 0 Å². The van der Waals surface area contributed by atoms with Crippen molar-refractivity contribution in [3.63, 3.8) is 0 Å². The summed E-state index contributed by atoms with van der Waals surface area (Å²) in [7, 11) is 1.37. The largest absolute Gasteiger partial charge is 0.465 e. The van der Waals surface area contributed by atoms with Crippen LogP contribution in [0.15, 0.2) is 73.1 Å². The van der Waals surface area contributed by atoms with E-state index in [0.717, 1.165) is 54.7 Å². The number of hydrogen-bond donors (Lipinski definition) is 0. The van der Waals surface area contributed by atoms with Crippen molar-refractivity contribution in [3.05, 3.63) is 84.2 Å². The van der Waals surface area contributed by atoms with E-state index in [4.69, 9.17) is 4.74 Å². The maximum Gasteiger partial charge on any atom is 0.337 e. The molecule has 0 bridgehead atoms. The van der Waals surface area contributed by atoms with Crippen LogP contribution in [-0.4, -0.2) is 42.1 Å². The van der Waals surface area contributed by atoms with Gasteiger partial charge in [-0.25, -0.2) is 9.59 Å². The molecule has 0 spiro atoms. The van der Waals surface area contributed by atoms with Crippen molar-refractivity contribution in [1.82, 2.24) is 9.88 Å². The zero-order valence-corrected chi connectivity index (χ0v) is 18.2. The topological polar surface area (TPSA) is 62.7 Å². The zero-order valence-electron chi connectivity index (χ0n) is 18.2. The van der Waals surface area contributed by atoms with E-state index >= 15 is 0 Å². The average Bonchev–Trinajstić information content (AvgIpc) is 2.88. The molecule has 6 heteroatoms. The first-order valence-electron chi connectivity index (χ1n) is 10.9. The number of hydrogen-bond acceptors (Lipinski definition) is 4. The van der Waals surface area contributed by atoms with Crippen molar-refractivity contribution in [2.45, 2.75) is 25.8 Å². The second kappa shape index (κ2) is 10.1. The number of anilines is 1. The first kappa shape index (κ1) is 21.6. The minimum atomic E-state index is -0.373. The molecule has 1 aromatic heterocycles. The van der Waals surface area contributed by atoms with Gasteiger partial charge in [0.05, 0.1) is 19.2 Å². The van der Waals surface area contributed by atoms with Crippen molar-refractivity contribution in [3.8, 4) is 11.1 Å². The average molecular weight is 430 g/mol. The number of nitrogens with zero attached hydrogens (tertiary/aromatic N) is 3. The number of carbonyl (C=O) groups is 2. The Balaban J connectivity index is 1.65. The lowest BCUT2D eigenvalue weighted by Crippen LogP contribution is -2.45. The molecule has 1 aliphatic rings. The van der Waals surface area contributed by atoms with Crippen LogP contribution in [0.25, 0.3) is 11.1 Å². The number of carbonyl (C=O) groups excluding carboxylic acids is 2. The summed E-state index contributed by atoms with van der Waals surface area (Å²) < 4.78 is 4.78. The number of urea groups is 1. The summed E-state index contributed by atoms with van der Waals surface area (Å²) in [5.74, 6) is -0.373. The molecule has 2 amide bonds. The molecule has 4 rings (SSSR count). The summed E-state index contributed by atoms with van der Waals surface area (Å²) in [5, 5.41) is 0. The Hall–Kier alpha value is -3.67. The van der Waals surface area contributed by atoms with Gasteiger partial charge >= 0.3 is 12.0 Å². The van der Waals surface area contributed by atoms with Crippen molar-refractivity contribution < 1.29 is 14.3 Å². The van der Waals surface area contributed by atoms with Crippen molar-refractivity contribution in [2.24, 2.45) is 0 Å². The van der Waals surface area contributed by atoms with Crippen LogP contribution in [0.3, 0.4) is 0 Å². The van der Waals surface area contributed by atoms with Crippen molar-refractivity contribution in [1.29, 1.82) is 0 Å². The molecule has 6 nitrogen and oxygen atoms in total. The maximum absolute atomic E-state index is 13.5. The van der Waals surface area contributed by atoms with E-state index in [1.807, 2.05) is 64.5 Å². The molecule has 1 saturated heterocycles. The van der Waals surface area contributed by atoms with E-state index in [-0.39, 0.29) is 12.0 Å². The van der Waals surface area contributed by atoms with Crippen molar-refractivity contribution in [2.75, 3.05) is 25.1 Å². The number of rotatable bonds is 5. The molecule has 32 heavy (non-hydrogen) atoms. The van der Waals surface area contributed by atoms with E-state index in [2.05, 4.69) is 4.98 Å². The molecule has 1 aliphatic heterocycles. The smallest absolute Gasteiger partial charge is 0.337 e. The summed E-state index contributed by atoms with van der Waals surface area (Å²) in [6.45, 7) is 1.96. The monoisotopic (exact) mass is 429 g/mol. The number of amides is 2. The third-order valence-electron chi connectivity index (χ3n) is 5.73. The lowest BCUT2D eigenvalue weighted by Gasteiger charge is -2.33. The quantitative estimate of drug-likeness (QED) is 0.527. The number of benzene rings is 2. The summed E-state index contributed by atoms with van der Waals surface area (Å²) in [4.78, 5) is 33.3. The fraction of sp³-hybridized carbons (Fsp3) is 0.269. The predicted octanol–water partition coefficient (Wildman–Crippen LogP) is 5.15. The summed E-state index contributed by atoms with van der Waals surface area (Å²) in [6, 6.07) is 19.1. The van der Waals surface area contributed by atoms with Crippen molar-refractivity contribution >= 4 is 17.7 Å². The van der Waals surface area contributed by atoms with Gasteiger partial charge in [-0.15, -0.1) is 0 Å². The summed E-state index contributed by atoms with van der Waals surface area (Å²) >= 11 is 0. The Bertz CT molecular complexity index is 1060. The van der Waals surface area contributed by atoms with Gasteiger partial charge in [0.2, 0.25) is 0 Å². The lowest BCUT2D eigenvalue weighted by molar-refractivity contribution is 0.0600. The Morgan fingerprint density at radius 2 is 1.72 bits per heavy atom. The molecule has 0 saturated carbocycles. The second-order valence-electron chi connectivity index (χ2n) is 7.90. The standard InChI is InChI=1S/C26H27N3O3/c1-32-25(30)21-12-10-20(11-13-21)19-29(26(31)28-15-3-2-4-16-28)24-9-5-7-22(17-24)23-8-6-14-27-18-23/h5-14,17-18H,2-4,15-16,19H2,1H3. The SMILES string of the molecule is COC(=O)c1ccc(CN(C(=O)N2CCCCC2)c2cccc(-c3cccnc3)c2)cc1. The highest BCUT2D eigenvalue weighted by Gasteiger charge is 2.24. The van der Waals surface area contributed by atoms with E-state index in [1.165, 1.54) is 7.11 Å². The number of likely N-dealkylation sites (tertiary alicyclic amines) is 1. The van der Waals surface area contributed by atoms with Crippen LogP contribution in [0.2, 0.25) is 0 Å². The molecule has 0 radical (unpaired) electrons. The van der Waals surface area contributed by atoms with Gasteiger partial charge in [0.1, 0.15) is 0 Å². The van der Waals surface area contributed by atoms with Gasteiger partial charge in [0, 0.05) is 36.7 Å². The highest BCUT2D eigenvalue weighted by molar-refractivity contribution is 5.93. The molecule has 164 valence electrons. The number of ether oxygens (including phenoxy) is 1. The molecule has 1 fully saturated rings. The molecule has 3 aromatic rings. The fourth-order valence-electron chi connectivity index (χ4n) is 3.96. The van der Waals surface area contributed by atoms with E-state index < -0.39 is 0 Å². The first-order chi connectivity index (χ1) is 15.7. The minimum absolute atomic E-state index is 0.00470. The first-order valence-corrected chi connectivity index (χ1v) is 10.9. The number of pyridine rings is 1. The van der Waals surface area contributed by atoms with E-state index in [1.54, 1.807) is 18.3 Å². The molecule has 0 aliphatic carbocycles. The second-order valence-corrected chi connectivity index (χ2v) is 7.90. The Morgan fingerprint density at radius 3 is 2.41 bits per heavy atom. The Kier molecular flexibility index (Phi) is 6.80. The Labute approximate surface area is 188 Å². The number of piperidine rings is 1. The van der Waals surface area contributed by atoms with E-state index in [0.29, 0.717) is 12.1 Å². The van der Waals surface area contributed by atoms with Crippen LogP contribution in [0.4, 0.5) is 10.5 Å². The molecule has 2 heterocycles. The lowest BCUT2D eigenvalue weighted by atomic mass is 10.1. The van der Waals surface area contributed by atoms with Crippen LogP contribution < -0.4 is 4.90 Å². The minimum Gasteiger partial charge on any atom is -0.465 e. The van der Waals surface area contributed by atoms with Gasteiger partial charge in [0.25, 0.3) is 0 Å². The highest BCUT2D eigenvalue weighted by atomic mass is 16.5. The van der Waals surface area contributed by atoms with Gasteiger partial charge in [0.15, 0.2) is 0 Å². The third kappa shape index (κ3) is 4.97. The molecule has 0 unspecified atom stereocenters. The van der Waals surface area contributed by atoms with Gasteiger partial charge in [-0.05, 0) is 60.7 Å². The van der Waals surface area contributed by atoms with Gasteiger partial charge in [-0.1, -0.05) is 30.3 Å². The summed E-state index contributed by atoms with van der Waals surface area (Å²) in [5.41, 5.74) is 4.27. The molecular weight excluding hydrogens is 402 g/mol. The number of methoxy groups -OCH3 is 1. The van der Waals surface area contributed by atoms with E-state index in [9.17, 15) is 9.59 Å². The fourth-order valence-corrected chi connectivity index (χ4v) is 3.96. The number of aromatic nitrogens is 1. The highest BCUT2D eigenvalue weighted by Crippen LogP contribution is 2.27. The van der Waals surface area contributed by atoms with Gasteiger partial charge < -0.3 is 9.64 Å². The van der Waals surface area contributed by atoms with Crippen LogP contribution >= 0.6 is 0 Å². The van der Waals surface area contributed by atoms with Gasteiger partial charge in [-0.3, -0.25) is 9.88 Å². The normalized spacial score (nSPS) is 13.5.